The van der Waals surface area contributed by atoms with Crippen molar-refractivity contribution >= 4 is 23.4 Å². The summed E-state index contributed by atoms with van der Waals surface area (Å²) in [5.74, 6) is 0.574. The number of nitrogens with zero attached hydrogens (tertiary/aromatic N) is 5. The van der Waals surface area contributed by atoms with Gasteiger partial charge in [-0.05, 0) is 41.8 Å². The maximum absolute atomic E-state index is 13.0. The van der Waals surface area contributed by atoms with Gasteiger partial charge in [-0.15, -0.1) is 5.10 Å². The zero-order valence-electron chi connectivity index (χ0n) is 17.3. The molecular formula is C23H22N6OS. The number of hydrogen-bond donors (Lipinski definition) is 1. The number of thioether (sulfide) groups is 1. The van der Waals surface area contributed by atoms with Crippen molar-refractivity contribution in [3.63, 3.8) is 0 Å². The van der Waals surface area contributed by atoms with E-state index in [9.17, 15) is 4.79 Å². The van der Waals surface area contributed by atoms with E-state index in [1.165, 1.54) is 17.3 Å². The van der Waals surface area contributed by atoms with Crippen molar-refractivity contribution in [2.24, 2.45) is 0 Å². The molecule has 31 heavy (non-hydrogen) atoms. The molecule has 0 aliphatic rings. The summed E-state index contributed by atoms with van der Waals surface area (Å²) in [6, 6.07) is 19.2. The van der Waals surface area contributed by atoms with E-state index in [-0.39, 0.29) is 11.6 Å². The van der Waals surface area contributed by atoms with Gasteiger partial charge < -0.3 is 5.32 Å². The molecule has 0 bridgehead atoms. The number of amides is 1. The third-order valence-corrected chi connectivity index (χ3v) is 5.58. The Kier molecular flexibility index (Phi) is 6.37. The van der Waals surface area contributed by atoms with E-state index < -0.39 is 0 Å². The van der Waals surface area contributed by atoms with Gasteiger partial charge in [-0.3, -0.25) is 4.79 Å². The first-order chi connectivity index (χ1) is 15.1. The summed E-state index contributed by atoms with van der Waals surface area (Å²) >= 11 is 1.43. The lowest BCUT2D eigenvalue weighted by Crippen LogP contribution is -2.15. The van der Waals surface area contributed by atoms with Crippen molar-refractivity contribution in [1.29, 1.82) is 0 Å². The van der Waals surface area contributed by atoms with Crippen LogP contribution in [0.1, 0.15) is 41.5 Å². The van der Waals surface area contributed by atoms with Crippen LogP contribution in [-0.4, -0.2) is 30.9 Å². The van der Waals surface area contributed by atoms with E-state index >= 15 is 0 Å². The number of nitrogens with one attached hydrogen (secondary N) is 1. The molecule has 156 valence electrons. The molecule has 1 amide bonds. The molecule has 1 N–H and O–H groups in total. The Morgan fingerprint density at radius 2 is 1.71 bits per heavy atom. The van der Waals surface area contributed by atoms with Crippen LogP contribution in [-0.2, 0) is 5.75 Å². The zero-order valence-corrected chi connectivity index (χ0v) is 18.1. The van der Waals surface area contributed by atoms with Crippen LogP contribution in [0.25, 0.3) is 5.69 Å². The molecular weight excluding hydrogens is 408 g/mol. The van der Waals surface area contributed by atoms with E-state index in [2.05, 4.69) is 39.4 Å². The highest BCUT2D eigenvalue weighted by Gasteiger charge is 2.21. The first-order valence-electron chi connectivity index (χ1n) is 9.93. The van der Waals surface area contributed by atoms with Crippen molar-refractivity contribution in [2.45, 2.75) is 30.7 Å². The third kappa shape index (κ3) is 4.97. The Morgan fingerprint density at radius 3 is 2.39 bits per heavy atom. The Morgan fingerprint density at radius 1 is 1.00 bits per heavy atom. The number of anilines is 1. The van der Waals surface area contributed by atoms with Gasteiger partial charge in [0.25, 0.3) is 5.91 Å². The summed E-state index contributed by atoms with van der Waals surface area (Å²) in [6.07, 6.45) is 3.38. The lowest BCUT2D eigenvalue weighted by atomic mass is 10.0. The minimum Gasteiger partial charge on any atom is -0.321 e. The molecule has 8 heteroatoms. The normalized spacial score (nSPS) is 10.9. The second kappa shape index (κ2) is 9.53. The maximum Gasteiger partial charge on any atom is 0.278 e. The largest absolute Gasteiger partial charge is 0.321 e. The molecule has 2 aromatic carbocycles. The van der Waals surface area contributed by atoms with E-state index in [1.807, 2.05) is 54.6 Å². The molecule has 0 saturated heterocycles. The molecule has 2 aromatic heterocycles. The molecule has 0 spiro atoms. The SMILES string of the molecule is CC(C)c1ccc(NC(=O)c2nnn(-c3ccccc3)c2CSc2ncccn2)cc1. The topological polar surface area (TPSA) is 85.6 Å². The number of carbonyl (C=O) groups excluding carboxylic acids is 1. The molecule has 0 radical (unpaired) electrons. The van der Waals surface area contributed by atoms with E-state index in [4.69, 9.17) is 0 Å². The van der Waals surface area contributed by atoms with Gasteiger partial charge in [-0.1, -0.05) is 61.2 Å². The molecule has 4 aromatic rings. The second-order valence-electron chi connectivity index (χ2n) is 7.18. The van der Waals surface area contributed by atoms with Gasteiger partial charge in [0.05, 0.1) is 11.4 Å². The minimum atomic E-state index is -0.302. The highest BCUT2D eigenvalue weighted by Crippen LogP contribution is 2.24. The Labute approximate surface area is 184 Å². The van der Waals surface area contributed by atoms with Gasteiger partial charge in [0.2, 0.25) is 0 Å². The van der Waals surface area contributed by atoms with Gasteiger partial charge in [0.15, 0.2) is 10.9 Å². The number of aromatic nitrogens is 5. The highest BCUT2D eigenvalue weighted by molar-refractivity contribution is 7.98. The molecule has 0 aliphatic carbocycles. The predicted molar refractivity (Wildman–Crippen MR) is 121 cm³/mol. The lowest BCUT2D eigenvalue weighted by Gasteiger charge is -2.09. The van der Waals surface area contributed by atoms with Crippen LogP contribution in [0.15, 0.2) is 78.2 Å². The van der Waals surface area contributed by atoms with E-state index in [0.29, 0.717) is 28.2 Å². The van der Waals surface area contributed by atoms with Crippen molar-refractivity contribution in [3.8, 4) is 5.69 Å². The monoisotopic (exact) mass is 430 g/mol. The summed E-state index contributed by atoms with van der Waals surface area (Å²) < 4.78 is 1.69. The third-order valence-electron chi connectivity index (χ3n) is 4.69. The quantitative estimate of drug-likeness (QED) is 0.337. The molecule has 7 nitrogen and oxygen atoms in total. The minimum absolute atomic E-state index is 0.278. The maximum atomic E-state index is 13.0. The average Bonchev–Trinajstić information content (AvgIpc) is 3.23. The number of hydrogen-bond acceptors (Lipinski definition) is 6. The van der Waals surface area contributed by atoms with Gasteiger partial charge in [0.1, 0.15) is 0 Å². The van der Waals surface area contributed by atoms with Gasteiger partial charge in [0, 0.05) is 23.8 Å². The Bertz CT molecular complexity index is 1140. The molecule has 0 unspecified atom stereocenters. The highest BCUT2D eigenvalue weighted by atomic mass is 32.2. The summed E-state index contributed by atoms with van der Waals surface area (Å²) in [6.45, 7) is 4.27. The van der Waals surface area contributed by atoms with Crippen LogP contribution in [0, 0.1) is 0 Å². The average molecular weight is 431 g/mol. The molecule has 2 heterocycles. The van der Waals surface area contributed by atoms with Gasteiger partial charge in [-0.25, -0.2) is 14.6 Å². The van der Waals surface area contributed by atoms with Gasteiger partial charge >= 0.3 is 0 Å². The van der Waals surface area contributed by atoms with E-state index in [0.717, 1.165) is 5.69 Å². The summed E-state index contributed by atoms with van der Waals surface area (Å²) in [7, 11) is 0. The van der Waals surface area contributed by atoms with Crippen LogP contribution in [0.5, 0.6) is 0 Å². The van der Waals surface area contributed by atoms with Crippen molar-refractivity contribution in [3.05, 3.63) is 90.0 Å². The Balaban J connectivity index is 1.61. The van der Waals surface area contributed by atoms with Crippen LogP contribution in [0.4, 0.5) is 5.69 Å². The zero-order chi connectivity index (χ0) is 21.6. The number of rotatable bonds is 7. The Hall–Kier alpha value is -3.52. The number of carbonyl (C=O) groups is 1. The smallest absolute Gasteiger partial charge is 0.278 e. The first-order valence-corrected chi connectivity index (χ1v) is 10.9. The fourth-order valence-corrected chi connectivity index (χ4v) is 3.81. The van der Waals surface area contributed by atoms with E-state index in [1.54, 1.807) is 23.1 Å². The second-order valence-corrected chi connectivity index (χ2v) is 8.13. The van der Waals surface area contributed by atoms with Crippen LogP contribution < -0.4 is 5.32 Å². The fraction of sp³-hybridized carbons (Fsp3) is 0.174. The number of benzene rings is 2. The van der Waals surface area contributed by atoms with Crippen LogP contribution >= 0.6 is 11.8 Å². The molecule has 0 fully saturated rings. The molecule has 0 aliphatic heterocycles. The number of para-hydroxylation sites is 1. The van der Waals surface area contributed by atoms with Crippen molar-refractivity contribution in [1.82, 2.24) is 25.0 Å². The van der Waals surface area contributed by atoms with Crippen molar-refractivity contribution in [2.75, 3.05) is 5.32 Å². The molecule has 0 saturated carbocycles. The van der Waals surface area contributed by atoms with Crippen molar-refractivity contribution < 1.29 is 4.79 Å². The summed E-state index contributed by atoms with van der Waals surface area (Å²) in [5.41, 5.74) is 3.72. The molecule has 0 atom stereocenters. The molecule has 4 rings (SSSR count). The fourth-order valence-electron chi connectivity index (χ4n) is 3.02. The first kappa shape index (κ1) is 20.7. The van der Waals surface area contributed by atoms with Crippen LogP contribution in [0.3, 0.4) is 0 Å². The predicted octanol–water partition coefficient (Wildman–Crippen LogP) is 4.73. The standard InChI is InChI=1S/C23H22N6OS/c1-16(2)17-9-11-18(12-10-17)26-22(30)21-20(15-31-23-24-13-6-14-25-23)29(28-27-21)19-7-4-3-5-8-19/h3-14,16H,15H2,1-2H3,(H,26,30). The van der Waals surface area contributed by atoms with Crippen LogP contribution in [0.2, 0.25) is 0 Å². The lowest BCUT2D eigenvalue weighted by molar-refractivity contribution is 0.102. The van der Waals surface area contributed by atoms with Gasteiger partial charge in [-0.2, -0.15) is 0 Å². The summed E-state index contributed by atoms with van der Waals surface area (Å²) in [4.78, 5) is 21.5. The summed E-state index contributed by atoms with van der Waals surface area (Å²) in [5, 5.41) is 12.0.